The number of rotatable bonds is 3. The van der Waals surface area contributed by atoms with Crippen molar-refractivity contribution in [3.8, 4) is 11.4 Å². The molecule has 0 unspecified atom stereocenters. The minimum absolute atomic E-state index is 0.509. The van der Waals surface area contributed by atoms with Crippen molar-refractivity contribution >= 4 is 12.0 Å². The van der Waals surface area contributed by atoms with Crippen LogP contribution in [0, 0.1) is 6.92 Å². The van der Waals surface area contributed by atoms with Gasteiger partial charge >= 0.3 is 5.97 Å². The third kappa shape index (κ3) is 2.78. The Morgan fingerprint density at radius 1 is 1.35 bits per heavy atom. The van der Waals surface area contributed by atoms with Crippen LogP contribution in [0.5, 0.6) is 0 Å². The van der Waals surface area contributed by atoms with Crippen molar-refractivity contribution in [1.29, 1.82) is 0 Å². The fourth-order valence-corrected chi connectivity index (χ4v) is 1.33. The van der Waals surface area contributed by atoms with Crippen LogP contribution >= 0.6 is 0 Å². The summed E-state index contributed by atoms with van der Waals surface area (Å²) in [5, 5.41) is 12.3. The maximum atomic E-state index is 10.3. The predicted octanol–water partition coefficient (Wildman–Crippen LogP) is 2.14. The van der Waals surface area contributed by atoms with E-state index in [0.29, 0.717) is 11.7 Å². The quantitative estimate of drug-likeness (QED) is 0.817. The number of aromatic nitrogens is 2. The first kappa shape index (κ1) is 11.1. The molecule has 0 atom stereocenters. The zero-order valence-electron chi connectivity index (χ0n) is 9.12. The van der Waals surface area contributed by atoms with E-state index in [2.05, 4.69) is 10.1 Å². The van der Waals surface area contributed by atoms with E-state index in [1.165, 1.54) is 6.08 Å². The van der Waals surface area contributed by atoms with Crippen LogP contribution in [0.4, 0.5) is 0 Å². The molecule has 0 fully saturated rings. The van der Waals surface area contributed by atoms with Crippen LogP contribution in [0.2, 0.25) is 0 Å². The van der Waals surface area contributed by atoms with Gasteiger partial charge in [0, 0.05) is 18.6 Å². The van der Waals surface area contributed by atoms with Crippen molar-refractivity contribution in [2.75, 3.05) is 0 Å². The zero-order chi connectivity index (χ0) is 12.3. The van der Waals surface area contributed by atoms with Crippen molar-refractivity contribution in [3.63, 3.8) is 0 Å². The molecule has 0 saturated heterocycles. The Kier molecular flexibility index (Phi) is 3.00. The van der Waals surface area contributed by atoms with Gasteiger partial charge in [-0.3, -0.25) is 0 Å². The third-order valence-electron chi connectivity index (χ3n) is 2.11. The van der Waals surface area contributed by atoms with Crippen LogP contribution in [-0.4, -0.2) is 21.2 Å². The van der Waals surface area contributed by atoms with Gasteiger partial charge in [-0.15, -0.1) is 0 Å². The highest BCUT2D eigenvalue weighted by Gasteiger charge is 2.04. The standard InChI is InChI=1S/C12H10N2O3/c1-8-13-12(14-17-8)10-5-2-9(3-6-10)4-7-11(15)16/h2-7H,1H3,(H,15,16)/b7-4+. The van der Waals surface area contributed by atoms with Gasteiger partial charge in [-0.05, 0) is 11.6 Å². The molecule has 0 aliphatic rings. The molecular formula is C12H10N2O3. The Bertz CT molecular complexity index is 555. The Hall–Kier alpha value is -2.43. The fraction of sp³-hybridized carbons (Fsp3) is 0.0833. The molecule has 5 heteroatoms. The van der Waals surface area contributed by atoms with Crippen LogP contribution in [0.15, 0.2) is 34.9 Å². The fourth-order valence-electron chi connectivity index (χ4n) is 1.33. The average molecular weight is 230 g/mol. The summed E-state index contributed by atoms with van der Waals surface area (Å²) in [7, 11) is 0. The second kappa shape index (κ2) is 4.61. The summed E-state index contributed by atoms with van der Waals surface area (Å²) in [6.07, 6.45) is 2.61. The molecule has 2 rings (SSSR count). The molecule has 1 heterocycles. The van der Waals surface area contributed by atoms with Gasteiger partial charge in [0.25, 0.3) is 0 Å². The Morgan fingerprint density at radius 3 is 2.59 bits per heavy atom. The van der Waals surface area contributed by atoms with Gasteiger partial charge in [0.15, 0.2) is 0 Å². The van der Waals surface area contributed by atoms with Crippen LogP contribution in [0.25, 0.3) is 17.5 Å². The highest BCUT2D eigenvalue weighted by molar-refractivity contribution is 5.85. The van der Waals surface area contributed by atoms with Crippen molar-refractivity contribution in [3.05, 3.63) is 41.8 Å². The molecule has 1 N–H and O–H groups in total. The zero-order valence-corrected chi connectivity index (χ0v) is 9.12. The second-order valence-corrected chi connectivity index (χ2v) is 3.43. The van der Waals surface area contributed by atoms with Gasteiger partial charge in [0.1, 0.15) is 0 Å². The first-order valence-electron chi connectivity index (χ1n) is 4.97. The Balaban J connectivity index is 2.21. The largest absolute Gasteiger partial charge is 0.478 e. The first-order chi connectivity index (χ1) is 8.15. The summed E-state index contributed by atoms with van der Waals surface area (Å²) in [5.41, 5.74) is 1.63. The van der Waals surface area contributed by atoms with E-state index in [1.807, 2.05) is 12.1 Å². The summed E-state index contributed by atoms with van der Waals surface area (Å²) in [6, 6.07) is 7.21. The van der Waals surface area contributed by atoms with E-state index in [4.69, 9.17) is 9.63 Å². The molecular weight excluding hydrogens is 220 g/mol. The maximum Gasteiger partial charge on any atom is 0.328 e. The van der Waals surface area contributed by atoms with E-state index < -0.39 is 5.97 Å². The summed E-state index contributed by atoms with van der Waals surface area (Å²) in [6.45, 7) is 1.72. The van der Waals surface area contributed by atoms with Crippen LogP contribution in [-0.2, 0) is 4.79 Å². The molecule has 1 aromatic carbocycles. The molecule has 17 heavy (non-hydrogen) atoms. The lowest BCUT2D eigenvalue weighted by molar-refractivity contribution is -0.131. The molecule has 0 amide bonds. The maximum absolute atomic E-state index is 10.3. The number of hydrogen-bond acceptors (Lipinski definition) is 4. The van der Waals surface area contributed by atoms with Crippen molar-refractivity contribution < 1.29 is 14.4 Å². The number of carboxylic acid groups (broad SMARTS) is 1. The molecule has 86 valence electrons. The number of benzene rings is 1. The van der Waals surface area contributed by atoms with Gasteiger partial charge in [0.2, 0.25) is 11.7 Å². The molecule has 0 radical (unpaired) electrons. The van der Waals surface area contributed by atoms with Crippen molar-refractivity contribution in [1.82, 2.24) is 10.1 Å². The number of aryl methyl sites for hydroxylation is 1. The van der Waals surface area contributed by atoms with Crippen LogP contribution in [0.3, 0.4) is 0 Å². The molecule has 1 aromatic heterocycles. The monoisotopic (exact) mass is 230 g/mol. The minimum Gasteiger partial charge on any atom is -0.478 e. The van der Waals surface area contributed by atoms with Gasteiger partial charge in [-0.25, -0.2) is 4.79 Å². The lowest BCUT2D eigenvalue weighted by Crippen LogP contribution is -1.86. The Labute approximate surface area is 97.4 Å². The lowest BCUT2D eigenvalue weighted by atomic mass is 10.1. The van der Waals surface area contributed by atoms with E-state index in [9.17, 15) is 4.79 Å². The Morgan fingerprint density at radius 2 is 2.06 bits per heavy atom. The minimum atomic E-state index is -0.970. The summed E-state index contributed by atoms with van der Waals surface area (Å²) in [4.78, 5) is 14.4. The molecule has 0 aliphatic heterocycles. The number of hydrogen-bond donors (Lipinski definition) is 1. The van der Waals surface area contributed by atoms with Gasteiger partial charge in [-0.2, -0.15) is 4.98 Å². The normalized spacial score (nSPS) is 10.9. The lowest BCUT2D eigenvalue weighted by Gasteiger charge is -1.95. The van der Waals surface area contributed by atoms with Crippen molar-refractivity contribution in [2.24, 2.45) is 0 Å². The molecule has 0 spiro atoms. The molecule has 2 aromatic rings. The van der Waals surface area contributed by atoms with Gasteiger partial charge < -0.3 is 9.63 Å². The smallest absolute Gasteiger partial charge is 0.328 e. The van der Waals surface area contributed by atoms with Crippen LogP contribution in [0.1, 0.15) is 11.5 Å². The molecule has 0 saturated carbocycles. The van der Waals surface area contributed by atoms with E-state index in [1.54, 1.807) is 19.1 Å². The predicted molar refractivity (Wildman–Crippen MR) is 61.1 cm³/mol. The number of carbonyl (C=O) groups is 1. The number of nitrogens with zero attached hydrogens (tertiary/aromatic N) is 2. The summed E-state index contributed by atoms with van der Waals surface area (Å²) < 4.78 is 4.88. The van der Waals surface area contributed by atoms with E-state index in [0.717, 1.165) is 17.2 Å². The SMILES string of the molecule is Cc1nc(-c2ccc(/C=C/C(=O)O)cc2)no1. The summed E-state index contributed by atoms with van der Waals surface area (Å²) >= 11 is 0. The van der Waals surface area contributed by atoms with Gasteiger partial charge in [0.05, 0.1) is 0 Å². The average Bonchev–Trinajstić information content (AvgIpc) is 2.74. The number of carboxylic acids is 1. The van der Waals surface area contributed by atoms with Crippen molar-refractivity contribution in [2.45, 2.75) is 6.92 Å². The molecule has 0 aliphatic carbocycles. The van der Waals surface area contributed by atoms with E-state index in [-0.39, 0.29) is 0 Å². The van der Waals surface area contributed by atoms with Gasteiger partial charge in [-0.1, -0.05) is 29.4 Å². The van der Waals surface area contributed by atoms with E-state index >= 15 is 0 Å². The highest BCUT2D eigenvalue weighted by atomic mass is 16.5. The molecule has 0 bridgehead atoms. The topological polar surface area (TPSA) is 76.2 Å². The second-order valence-electron chi connectivity index (χ2n) is 3.43. The first-order valence-corrected chi connectivity index (χ1v) is 4.97. The van der Waals surface area contributed by atoms with Crippen LogP contribution < -0.4 is 0 Å². The highest BCUT2D eigenvalue weighted by Crippen LogP contribution is 2.16. The molecule has 5 nitrogen and oxygen atoms in total. The summed E-state index contributed by atoms with van der Waals surface area (Å²) in [5.74, 6) is 0.0639. The number of aliphatic carboxylic acids is 1. The third-order valence-corrected chi connectivity index (χ3v) is 2.11.